The number of nitrogens with zero attached hydrogens (tertiary/aromatic N) is 2. The normalized spacial score (nSPS) is 16.8. The lowest BCUT2D eigenvalue weighted by molar-refractivity contribution is 0.105. The number of halogens is 2. The standard InChI is InChI=1S/C24H24Cl2N2/c25-22-10-6-19(7-11-22)18-27-14-16-28(17-15-27)24(20-4-2-1-3-5-20)21-8-12-23(26)13-9-21/h1-13,24H,14-18H2/t24-/m0/s1. The topological polar surface area (TPSA) is 6.48 Å². The minimum atomic E-state index is 0.260. The summed E-state index contributed by atoms with van der Waals surface area (Å²) < 4.78 is 0. The van der Waals surface area contributed by atoms with Crippen LogP contribution in [0.5, 0.6) is 0 Å². The number of hydrogen-bond donors (Lipinski definition) is 0. The number of piperazine rings is 1. The predicted octanol–water partition coefficient (Wildman–Crippen LogP) is 5.90. The Bertz CT molecular complexity index is 871. The van der Waals surface area contributed by atoms with Crippen LogP contribution in [0.1, 0.15) is 22.7 Å². The number of rotatable bonds is 5. The van der Waals surface area contributed by atoms with Crippen molar-refractivity contribution in [3.05, 3.63) is 106 Å². The van der Waals surface area contributed by atoms with Crippen LogP contribution in [0.4, 0.5) is 0 Å². The van der Waals surface area contributed by atoms with Crippen LogP contribution in [-0.2, 0) is 6.54 Å². The first-order valence-corrected chi connectivity index (χ1v) is 10.5. The molecule has 1 heterocycles. The highest BCUT2D eigenvalue weighted by molar-refractivity contribution is 6.30. The van der Waals surface area contributed by atoms with E-state index in [1.807, 2.05) is 24.3 Å². The SMILES string of the molecule is Clc1ccc(CN2CCN([C@@H](c3ccccc3)c3ccc(Cl)cc3)CC2)cc1. The Labute approximate surface area is 177 Å². The molecule has 1 fully saturated rings. The van der Waals surface area contributed by atoms with Gasteiger partial charge in [-0.3, -0.25) is 9.80 Å². The second-order valence-electron chi connectivity index (χ2n) is 7.30. The van der Waals surface area contributed by atoms with Crippen LogP contribution in [0.25, 0.3) is 0 Å². The summed E-state index contributed by atoms with van der Waals surface area (Å²) in [6, 6.07) is 27.5. The summed E-state index contributed by atoms with van der Waals surface area (Å²) in [6.07, 6.45) is 0. The van der Waals surface area contributed by atoms with E-state index in [4.69, 9.17) is 23.2 Å². The quantitative estimate of drug-likeness (QED) is 0.516. The molecule has 0 amide bonds. The van der Waals surface area contributed by atoms with Crippen LogP contribution in [0.2, 0.25) is 10.0 Å². The molecule has 3 aromatic carbocycles. The lowest BCUT2D eigenvalue weighted by Gasteiger charge is -2.40. The molecule has 0 spiro atoms. The summed E-state index contributed by atoms with van der Waals surface area (Å²) in [5.41, 5.74) is 3.94. The van der Waals surface area contributed by atoms with E-state index < -0.39 is 0 Å². The molecule has 1 atom stereocenters. The molecule has 28 heavy (non-hydrogen) atoms. The van der Waals surface area contributed by atoms with Crippen molar-refractivity contribution in [3.63, 3.8) is 0 Å². The summed E-state index contributed by atoms with van der Waals surface area (Å²) in [7, 11) is 0. The first-order chi connectivity index (χ1) is 13.7. The van der Waals surface area contributed by atoms with E-state index in [9.17, 15) is 0 Å². The second kappa shape index (κ2) is 9.11. The molecule has 0 aromatic heterocycles. The smallest absolute Gasteiger partial charge is 0.0602 e. The van der Waals surface area contributed by atoms with Crippen LogP contribution in [0.3, 0.4) is 0 Å². The molecular formula is C24H24Cl2N2. The van der Waals surface area contributed by atoms with Crippen LogP contribution >= 0.6 is 23.2 Å². The van der Waals surface area contributed by atoms with Gasteiger partial charge >= 0.3 is 0 Å². The average Bonchev–Trinajstić information content (AvgIpc) is 2.73. The van der Waals surface area contributed by atoms with Crippen molar-refractivity contribution in [2.24, 2.45) is 0 Å². The highest BCUT2D eigenvalue weighted by Gasteiger charge is 2.26. The van der Waals surface area contributed by atoms with Crippen molar-refractivity contribution in [2.45, 2.75) is 12.6 Å². The summed E-state index contributed by atoms with van der Waals surface area (Å²) in [4.78, 5) is 5.10. The van der Waals surface area contributed by atoms with Gasteiger partial charge in [-0.2, -0.15) is 0 Å². The molecule has 0 bridgehead atoms. The fourth-order valence-corrected chi connectivity index (χ4v) is 4.17. The molecule has 1 aliphatic rings. The molecule has 0 radical (unpaired) electrons. The third-order valence-corrected chi connectivity index (χ3v) is 5.90. The Morgan fingerprint density at radius 3 is 1.79 bits per heavy atom. The van der Waals surface area contributed by atoms with E-state index >= 15 is 0 Å². The van der Waals surface area contributed by atoms with Crippen LogP contribution in [-0.4, -0.2) is 36.0 Å². The van der Waals surface area contributed by atoms with Gasteiger partial charge < -0.3 is 0 Å². The zero-order valence-corrected chi connectivity index (χ0v) is 17.3. The molecule has 2 nitrogen and oxygen atoms in total. The fraction of sp³-hybridized carbons (Fsp3) is 0.250. The van der Waals surface area contributed by atoms with E-state index in [1.54, 1.807) is 0 Å². The van der Waals surface area contributed by atoms with Gasteiger partial charge in [-0.1, -0.05) is 77.8 Å². The zero-order valence-electron chi connectivity index (χ0n) is 15.8. The molecule has 0 N–H and O–H groups in total. The van der Waals surface area contributed by atoms with Gasteiger partial charge in [0.05, 0.1) is 6.04 Å². The first-order valence-electron chi connectivity index (χ1n) is 9.70. The maximum atomic E-state index is 6.13. The summed E-state index contributed by atoms with van der Waals surface area (Å²) >= 11 is 12.1. The Morgan fingerprint density at radius 2 is 1.18 bits per heavy atom. The van der Waals surface area contributed by atoms with Gasteiger partial charge in [0.15, 0.2) is 0 Å². The molecule has 4 rings (SSSR count). The molecule has 0 aliphatic carbocycles. The van der Waals surface area contributed by atoms with Crippen molar-refractivity contribution in [1.82, 2.24) is 9.80 Å². The monoisotopic (exact) mass is 410 g/mol. The minimum Gasteiger partial charge on any atom is -0.297 e. The van der Waals surface area contributed by atoms with E-state index in [2.05, 4.69) is 64.4 Å². The largest absolute Gasteiger partial charge is 0.297 e. The Balaban J connectivity index is 1.48. The number of hydrogen-bond acceptors (Lipinski definition) is 2. The van der Waals surface area contributed by atoms with E-state index in [0.717, 1.165) is 42.8 Å². The van der Waals surface area contributed by atoms with Crippen molar-refractivity contribution in [2.75, 3.05) is 26.2 Å². The second-order valence-corrected chi connectivity index (χ2v) is 8.18. The average molecular weight is 411 g/mol. The molecular weight excluding hydrogens is 387 g/mol. The van der Waals surface area contributed by atoms with E-state index in [0.29, 0.717) is 0 Å². The third kappa shape index (κ3) is 4.76. The third-order valence-electron chi connectivity index (χ3n) is 5.39. The van der Waals surface area contributed by atoms with Crippen molar-refractivity contribution < 1.29 is 0 Å². The Kier molecular flexibility index (Phi) is 6.33. The van der Waals surface area contributed by atoms with Crippen molar-refractivity contribution in [1.29, 1.82) is 0 Å². The summed E-state index contributed by atoms with van der Waals surface area (Å²) in [5, 5.41) is 1.57. The van der Waals surface area contributed by atoms with Crippen LogP contribution in [0.15, 0.2) is 78.9 Å². The van der Waals surface area contributed by atoms with Crippen molar-refractivity contribution >= 4 is 23.2 Å². The van der Waals surface area contributed by atoms with Gasteiger partial charge in [-0.05, 0) is 41.0 Å². The molecule has 0 saturated carbocycles. The van der Waals surface area contributed by atoms with Gasteiger partial charge in [0.25, 0.3) is 0 Å². The zero-order chi connectivity index (χ0) is 19.3. The van der Waals surface area contributed by atoms with E-state index in [-0.39, 0.29) is 6.04 Å². The maximum absolute atomic E-state index is 6.13. The summed E-state index contributed by atoms with van der Waals surface area (Å²) in [6.45, 7) is 5.16. The number of benzene rings is 3. The van der Waals surface area contributed by atoms with Crippen LogP contribution in [0, 0.1) is 0 Å². The van der Waals surface area contributed by atoms with Gasteiger partial charge in [-0.25, -0.2) is 0 Å². The molecule has 1 saturated heterocycles. The predicted molar refractivity (Wildman–Crippen MR) is 118 cm³/mol. The highest BCUT2D eigenvalue weighted by Crippen LogP contribution is 2.30. The van der Waals surface area contributed by atoms with E-state index in [1.165, 1.54) is 16.7 Å². The molecule has 144 valence electrons. The Hall–Kier alpha value is -1.84. The lowest BCUT2D eigenvalue weighted by atomic mass is 9.96. The highest BCUT2D eigenvalue weighted by atomic mass is 35.5. The molecule has 4 heteroatoms. The lowest BCUT2D eigenvalue weighted by Crippen LogP contribution is -2.47. The summed E-state index contributed by atoms with van der Waals surface area (Å²) in [5.74, 6) is 0. The first kappa shape index (κ1) is 19.5. The van der Waals surface area contributed by atoms with Crippen molar-refractivity contribution in [3.8, 4) is 0 Å². The molecule has 3 aromatic rings. The Morgan fingerprint density at radius 1 is 0.643 bits per heavy atom. The fourth-order valence-electron chi connectivity index (χ4n) is 3.92. The van der Waals surface area contributed by atoms with Gasteiger partial charge in [0, 0.05) is 42.8 Å². The van der Waals surface area contributed by atoms with Gasteiger partial charge in [-0.15, -0.1) is 0 Å². The minimum absolute atomic E-state index is 0.260. The molecule has 0 unspecified atom stereocenters. The van der Waals surface area contributed by atoms with Crippen LogP contribution < -0.4 is 0 Å². The molecule has 1 aliphatic heterocycles. The van der Waals surface area contributed by atoms with Gasteiger partial charge in [0.1, 0.15) is 0 Å². The maximum Gasteiger partial charge on any atom is 0.0602 e. The van der Waals surface area contributed by atoms with Gasteiger partial charge in [0.2, 0.25) is 0 Å².